The molecule has 3 aliphatic rings. The number of nitrogens with two attached hydrogens (primary N) is 1. The monoisotopic (exact) mass is 400 g/mol. The van der Waals surface area contributed by atoms with Gasteiger partial charge < -0.3 is 20.3 Å². The lowest BCUT2D eigenvalue weighted by Gasteiger charge is -2.31. The van der Waals surface area contributed by atoms with Gasteiger partial charge >= 0.3 is 5.97 Å². The van der Waals surface area contributed by atoms with E-state index in [9.17, 15) is 14.7 Å². The van der Waals surface area contributed by atoms with Gasteiger partial charge in [-0.15, -0.1) is 0 Å². The van der Waals surface area contributed by atoms with Gasteiger partial charge in [-0.25, -0.2) is 14.2 Å². The van der Waals surface area contributed by atoms with E-state index in [4.69, 9.17) is 5.73 Å². The summed E-state index contributed by atoms with van der Waals surface area (Å²) in [6.07, 6.45) is 5.30. The molecule has 3 heterocycles. The molecule has 0 amide bonds. The molecule has 2 aliphatic carbocycles. The van der Waals surface area contributed by atoms with E-state index in [0.29, 0.717) is 18.7 Å². The lowest BCUT2D eigenvalue weighted by Crippen LogP contribution is -2.45. The molecule has 1 spiro atoms. The maximum Gasteiger partial charge on any atom is 0.341 e. The van der Waals surface area contributed by atoms with E-state index >= 15 is 4.39 Å². The minimum atomic E-state index is -1.31. The molecule has 1 aliphatic heterocycles. The topological polar surface area (TPSA) is 101 Å². The molecule has 0 bridgehead atoms. The molecule has 2 saturated carbocycles. The van der Waals surface area contributed by atoms with Gasteiger partial charge in [-0.1, -0.05) is 0 Å². The number of carboxylic acids is 1. The number of halogens is 1. The number of rotatable bonds is 4. The summed E-state index contributed by atoms with van der Waals surface area (Å²) in [4.78, 5) is 30.6. The fourth-order valence-electron chi connectivity index (χ4n) is 5.06. The quantitative estimate of drug-likeness (QED) is 0.818. The molecule has 0 radical (unpaired) electrons. The van der Waals surface area contributed by atoms with Crippen LogP contribution in [-0.4, -0.2) is 39.3 Å². The highest BCUT2D eigenvalue weighted by molar-refractivity contribution is 5.92. The SMILES string of the molecule is CC(C)(N)C1CN(c2nc3c(cc2F)c(=O)c(C(=O)O)cn3C2CC2)CC12CC2. The molecule has 2 aromatic heterocycles. The summed E-state index contributed by atoms with van der Waals surface area (Å²) < 4.78 is 16.8. The molecule has 5 rings (SSSR count). The van der Waals surface area contributed by atoms with Gasteiger partial charge in [0.1, 0.15) is 11.2 Å². The van der Waals surface area contributed by atoms with Crippen LogP contribution < -0.4 is 16.1 Å². The summed E-state index contributed by atoms with van der Waals surface area (Å²) in [5.41, 5.74) is 5.49. The van der Waals surface area contributed by atoms with Gasteiger partial charge in [-0.2, -0.15) is 0 Å². The number of aromatic carboxylic acids is 1. The van der Waals surface area contributed by atoms with Gasteiger partial charge in [0.25, 0.3) is 0 Å². The fourth-order valence-corrected chi connectivity index (χ4v) is 5.06. The first-order valence-corrected chi connectivity index (χ1v) is 10.1. The van der Waals surface area contributed by atoms with E-state index in [1.165, 1.54) is 6.20 Å². The Morgan fingerprint density at radius 1 is 1.38 bits per heavy atom. The van der Waals surface area contributed by atoms with E-state index in [1.54, 1.807) is 4.57 Å². The summed E-state index contributed by atoms with van der Waals surface area (Å²) in [7, 11) is 0. The summed E-state index contributed by atoms with van der Waals surface area (Å²) >= 11 is 0. The van der Waals surface area contributed by atoms with E-state index < -0.39 is 17.2 Å². The third kappa shape index (κ3) is 2.84. The number of pyridine rings is 2. The lowest BCUT2D eigenvalue weighted by atomic mass is 9.78. The number of aromatic nitrogens is 2. The second kappa shape index (κ2) is 5.78. The zero-order valence-corrected chi connectivity index (χ0v) is 16.6. The summed E-state index contributed by atoms with van der Waals surface area (Å²) in [5.74, 6) is -1.43. The van der Waals surface area contributed by atoms with Crippen molar-refractivity contribution in [2.24, 2.45) is 17.1 Å². The average molecular weight is 400 g/mol. The second-order valence-corrected chi connectivity index (χ2v) is 9.60. The standard InChI is InChI=1S/C21H25FN4O3/c1-20(2,23)15-9-25(10-21(15)5-6-21)18-14(22)7-12-16(27)13(19(28)29)8-26(11-3-4-11)17(12)24-18/h7-8,11,15H,3-6,9-10,23H2,1-2H3,(H,28,29). The number of carboxylic acid groups (broad SMARTS) is 1. The number of nitrogens with zero attached hydrogens (tertiary/aromatic N) is 3. The van der Waals surface area contributed by atoms with Crippen molar-refractivity contribution in [1.29, 1.82) is 0 Å². The first-order chi connectivity index (χ1) is 13.6. The minimum Gasteiger partial charge on any atom is -0.477 e. The highest BCUT2D eigenvalue weighted by atomic mass is 19.1. The van der Waals surface area contributed by atoms with Crippen molar-refractivity contribution in [2.75, 3.05) is 18.0 Å². The van der Waals surface area contributed by atoms with E-state index in [0.717, 1.165) is 31.7 Å². The Morgan fingerprint density at radius 2 is 2.07 bits per heavy atom. The van der Waals surface area contributed by atoms with Crippen molar-refractivity contribution < 1.29 is 14.3 Å². The Bertz CT molecular complexity index is 1100. The zero-order chi connectivity index (χ0) is 20.7. The Morgan fingerprint density at radius 3 is 2.59 bits per heavy atom. The third-order valence-electron chi connectivity index (χ3n) is 6.85. The smallest absolute Gasteiger partial charge is 0.341 e. The Labute approximate surface area is 167 Å². The molecule has 2 aromatic rings. The van der Waals surface area contributed by atoms with Gasteiger partial charge in [-0.3, -0.25) is 4.79 Å². The van der Waals surface area contributed by atoms with Crippen LogP contribution in [0, 0.1) is 17.2 Å². The third-order valence-corrected chi connectivity index (χ3v) is 6.85. The molecule has 1 unspecified atom stereocenters. The van der Waals surface area contributed by atoms with Crippen molar-refractivity contribution in [3.8, 4) is 0 Å². The van der Waals surface area contributed by atoms with Gasteiger partial charge in [0.05, 0.1) is 5.39 Å². The molecule has 8 heteroatoms. The number of fused-ring (bicyclic) bond motifs is 1. The summed E-state index contributed by atoms with van der Waals surface area (Å²) in [6.45, 7) is 5.36. The molecular formula is C21H25FN4O3. The summed E-state index contributed by atoms with van der Waals surface area (Å²) in [6, 6.07) is 1.26. The average Bonchev–Trinajstić information content (AvgIpc) is 3.53. The largest absolute Gasteiger partial charge is 0.477 e. The van der Waals surface area contributed by atoms with Crippen LogP contribution in [0.3, 0.4) is 0 Å². The molecule has 3 N–H and O–H groups in total. The molecule has 1 saturated heterocycles. The minimum absolute atomic E-state index is 0.0223. The molecule has 0 aromatic carbocycles. The van der Waals surface area contributed by atoms with E-state index in [2.05, 4.69) is 4.98 Å². The summed E-state index contributed by atoms with van der Waals surface area (Å²) in [5, 5.41) is 9.39. The van der Waals surface area contributed by atoms with Crippen molar-refractivity contribution in [2.45, 2.75) is 51.1 Å². The first-order valence-electron chi connectivity index (χ1n) is 10.1. The van der Waals surface area contributed by atoms with Crippen LogP contribution >= 0.6 is 0 Å². The maximum absolute atomic E-state index is 15.1. The number of hydrogen-bond donors (Lipinski definition) is 2. The van der Waals surface area contributed by atoms with Crippen LogP contribution in [0.1, 0.15) is 55.9 Å². The highest BCUT2D eigenvalue weighted by Gasteiger charge is 2.59. The number of hydrogen-bond acceptors (Lipinski definition) is 5. The van der Waals surface area contributed by atoms with Gasteiger partial charge in [0.15, 0.2) is 11.6 Å². The lowest BCUT2D eigenvalue weighted by molar-refractivity contribution is 0.0695. The Hall–Kier alpha value is -2.48. The van der Waals surface area contributed by atoms with E-state index in [-0.39, 0.29) is 39.7 Å². The first kappa shape index (κ1) is 18.5. The number of carbonyl (C=O) groups is 1. The number of anilines is 1. The van der Waals surface area contributed by atoms with Crippen LogP contribution in [0.4, 0.5) is 10.2 Å². The highest BCUT2D eigenvalue weighted by Crippen LogP contribution is 2.59. The maximum atomic E-state index is 15.1. The van der Waals surface area contributed by atoms with Crippen LogP contribution in [0.2, 0.25) is 0 Å². The Kier molecular flexibility index (Phi) is 3.70. The van der Waals surface area contributed by atoms with Crippen LogP contribution in [0.25, 0.3) is 11.0 Å². The molecule has 1 atom stereocenters. The van der Waals surface area contributed by atoms with Crippen molar-refractivity contribution in [3.63, 3.8) is 0 Å². The van der Waals surface area contributed by atoms with E-state index in [1.807, 2.05) is 18.7 Å². The fraction of sp³-hybridized carbons (Fsp3) is 0.571. The molecule has 154 valence electrons. The zero-order valence-electron chi connectivity index (χ0n) is 16.6. The van der Waals surface area contributed by atoms with Crippen molar-refractivity contribution in [1.82, 2.24) is 9.55 Å². The van der Waals surface area contributed by atoms with Crippen LogP contribution in [0.5, 0.6) is 0 Å². The normalized spacial score (nSPS) is 23.2. The van der Waals surface area contributed by atoms with Crippen molar-refractivity contribution >= 4 is 22.8 Å². The predicted molar refractivity (Wildman–Crippen MR) is 107 cm³/mol. The van der Waals surface area contributed by atoms with Crippen LogP contribution in [0.15, 0.2) is 17.1 Å². The van der Waals surface area contributed by atoms with Crippen molar-refractivity contribution in [3.05, 3.63) is 33.9 Å². The van der Waals surface area contributed by atoms with Gasteiger partial charge in [0, 0.05) is 36.8 Å². The molecule has 3 fully saturated rings. The molecular weight excluding hydrogens is 375 g/mol. The van der Waals surface area contributed by atoms with Gasteiger partial charge in [-0.05, 0) is 51.0 Å². The Balaban J connectivity index is 1.64. The molecule has 7 nitrogen and oxygen atoms in total. The van der Waals surface area contributed by atoms with Gasteiger partial charge in [0.2, 0.25) is 5.43 Å². The van der Waals surface area contributed by atoms with Crippen LogP contribution in [-0.2, 0) is 0 Å². The second-order valence-electron chi connectivity index (χ2n) is 9.60. The predicted octanol–water partition coefficient (Wildman–Crippen LogP) is 2.52. The molecule has 29 heavy (non-hydrogen) atoms.